The third kappa shape index (κ3) is 1.43. The van der Waals surface area contributed by atoms with E-state index in [2.05, 4.69) is 0 Å². The van der Waals surface area contributed by atoms with Gasteiger partial charge < -0.3 is 14.3 Å². The van der Waals surface area contributed by atoms with Crippen molar-refractivity contribution in [2.45, 2.75) is 13.8 Å². The van der Waals surface area contributed by atoms with Gasteiger partial charge in [-0.2, -0.15) is 0 Å². The molecular formula is C12H12O4. The number of furan rings is 1. The van der Waals surface area contributed by atoms with E-state index in [0.29, 0.717) is 11.3 Å². The Morgan fingerprint density at radius 3 is 2.56 bits per heavy atom. The van der Waals surface area contributed by atoms with Gasteiger partial charge in [-0.3, -0.25) is 0 Å². The average molecular weight is 220 g/mol. The van der Waals surface area contributed by atoms with E-state index in [4.69, 9.17) is 14.3 Å². The third-order valence-electron chi connectivity index (χ3n) is 2.57. The Bertz CT molecular complexity index is 566. The van der Waals surface area contributed by atoms with Gasteiger partial charge in [0.15, 0.2) is 11.3 Å². The van der Waals surface area contributed by atoms with Gasteiger partial charge in [0.05, 0.1) is 7.11 Å². The topological polar surface area (TPSA) is 59.7 Å². The van der Waals surface area contributed by atoms with Crippen molar-refractivity contribution in [1.29, 1.82) is 0 Å². The Labute approximate surface area is 92.4 Å². The molecule has 4 nitrogen and oxygen atoms in total. The van der Waals surface area contributed by atoms with E-state index < -0.39 is 5.97 Å². The van der Waals surface area contributed by atoms with E-state index in [1.807, 2.05) is 19.9 Å². The minimum Gasteiger partial charge on any atom is -0.493 e. The van der Waals surface area contributed by atoms with Crippen LogP contribution in [0.5, 0.6) is 5.75 Å². The highest BCUT2D eigenvalue weighted by atomic mass is 16.5. The summed E-state index contributed by atoms with van der Waals surface area (Å²) >= 11 is 0. The summed E-state index contributed by atoms with van der Waals surface area (Å²) in [6.07, 6.45) is 0. The summed E-state index contributed by atoms with van der Waals surface area (Å²) < 4.78 is 10.5. The Hall–Kier alpha value is -1.97. The molecule has 0 radical (unpaired) electrons. The number of methoxy groups -OCH3 is 1. The van der Waals surface area contributed by atoms with Crippen molar-refractivity contribution < 1.29 is 19.1 Å². The van der Waals surface area contributed by atoms with Crippen LogP contribution in [-0.4, -0.2) is 18.2 Å². The standard InChI is InChI=1S/C12H12O4/c1-6-4-7(2)10(15-3)11-8(6)5-9(16-11)12(13)14/h4-5H,1-3H3,(H,13,14). The van der Waals surface area contributed by atoms with E-state index in [1.165, 1.54) is 6.07 Å². The number of hydrogen-bond donors (Lipinski definition) is 1. The number of ether oxygens (including phenoxy) is 1. The van der Waals surface area contributed by atoms with Crippen LogP contribution >= 0.6 is 0 Å². The monoisotopic (exact) mass is 220 g/mol. The third-order valence-corrected chi connectivity index (χ3v) is 2.57. The molecule has 0 saturated carbocycles. The van der Waals surface area contributed by atoms with Crippen molar-refractivity contribution in [2.24, 2.45) is 0 Å². The number of rotatable bonds is 2. The summed E-state index contributed by atoms with van der Waals surface area (Å²) in [6, 6.07) is 3.47. The molecule has 0 aliphatic heterocycles. The van der Waals surface area contributed by atoms with Crippen LogP contribution in [0.3, 0.4) is 0 Å². The van der Waals surface area contributed by atoms with Crippen molar-refractivity contribution in [2.75, 3.05) is 7.11 Å². The number of carboxylic acids is 1. The highest BCUT2D eigenvalue weighted by Gasteiger charge is 2.17. The van der Waals surface area contributed by atoms with Gasteiger partial charge in [-0.1, -0.05) is 6.07 Å². The predicted molar refractivity (Wildman–Crippen MR) is 59.2 cm³/mol. The zero-order valence-electron chi connectivity index (χ0n) is 9.33. The van der Waals surface area contributed by atoms with Gasteiger partial charge in [0.1, 0.15) is 0 Å². The number of benzene rings is 1. The maximum Gasteiger partial charge on any atom is 0.371 e. The number of carboxylic acid groups (broad SMARTS) is 1. The van der Waals surface area contributed by atoms with Crippen molar-refractivity contribution >= 4 is 16.9 Å². The average Bonchev–Trinajstić information content (AvgIpc) is 2.63. The minimum absolute atomic E-state index is 0.0676. The first kappa shape index (κ1) is 10.5. The molecule has 2 rings (SSSR count). The molecule has 0 saturated heterocycles. The zero-order valence-corrected chi connectivity index (χ0v) is 9.33. The lowest BCUT2D eigenvalue weighted by Crippen LogP contribution is -1.91. The van der Waals surface area contributed by atoms with Gasteiger partial charge >= 0.3 is 5.97 Å². The van der Waals surface area contributed by atoms with Gasteiger partial charge in [-0.05, 0) is 31.0 Å². The van der Waals surface area contributed by atoms with E-state index in [-0.39, 0.29) is 5.76 Å². The summed E-state index contributed by atoms with van der Waals surface area (Å²) in [5.41, 5.74) is 2.40. The normalized spacial score (nSPS) is 10.7. The molecule has 1 heterocycles. The second kappa shape index (κ2) is 3.56. The predicted octanol–water partition coefficient (Wildman–Crippen LogP) is 2.76. The number of aryl methyl sites for hydroxylation is 2. The summed E-state index contributed by atoms with van der Waals surface area (Å²) in [5, 5.41) is 9.65. The molecule has 0 amide bonds. The minimum atomic E-state index is -1.07. The highest BCUT2D eigenvalue weighted by Crippen LogP contribution is 2.34. The summed E-state index contributed by atoms with van der Waals surface area (Å²) in [4.78, 5) is 10.8. The van der Waals surface area contributed by atoms with Crippen LogP contribution in [0.1, 0.15) is 21.7 Å². The molecule has 0 bridgehead atoms. The molecule has 4 heteroatoms. The largest absolute Gasteiger partial charge is 0.493 e. The fraction of sp³-hybridized carbons (Fsp3) is 0.250. The molecule has 0 spiro atoms. The van der Waals surface area contributed by atoms with Gasteiger partial charge in [-0.25, -0.2) is 4.79 Å². The number of fused-ring (bicyclic) bond motifs is 1. The SMILES string of the molecule is COc1c(C)cc(C)c2cc(C(=O)O)oc12. The van der Waals surface area contributed by atoms with Crippen LogP contribution in [0, 0.1) is 13.8 Å². The summed E-state index contributed by atoms with van der Waals surface area (Å²) in [5.74, 6) is -0.551. The molecule has 2 aromatic rings. The molecule has 0 unspecified atom stereocenters. The number of carbonyl (C=O) groups is 1. The molecule has 16 heavy (non-hydrogen) atoms. The second-order valence-electron chi connectivity index (χ2n) is 3.70. The summed E-state index contributed by atoms with van der Waals surface area (Å²) in [6.45, 7) is 3.81. The van der Waals surface area contributed by atoms with Crippen LogP contribution in [0.15, 0.2) is 16.5 Å². The van der Waals surface area contributed by atoms with E-state index in [1.54, 1.807) is 7.11 Å². The molecule has 1 N–H and O–H groups in total. The van der Waals surface area contributed by atoms with E-state index in [0.717, 1.165) is 16.5 Å². The fourth-order valence-corrected chi connectivity index (χ4v) is 1.86. The molecule has 0 fully saturated rings. The first-order valence-corrected chi connectivity index (χ1v) is 4.85. The Kier molecular flexibility index (Phi) is 2.34. The van der Waals surface area contributed by atoms with E-state index >= 15 is 0 Å². The first-order valence-electron chi connectivity index (χ1n) is 4.85. The fourth-order valence-electron chi connectivity index (χ4n) is 1.86. The van der Waals surface area contributed by atoms with Crippen molar-refractivity contribution in [3.8, 4) is 5.75 Å². The van der Waals surface area contributed by atoms with Crippen LogP contribution in [-0.2, 0) is 0 Å². The summed E-state index contributed by atoms with van der Waals surface area (Å²) in [7, 11) is 1.54. The van der Waals surface area contributed by atoms with Crippen LogP contribution in [0.4, 0.5) is 0 Å². The second-order valence-corrected chi connectivity index (χ2v) is 3.70. The Morgan fingerprint density at radius 1 is 1.31 bits per heavy atom. The molecule has 0 aliphatic carbocycles. The molecule has 84 valence electrons. The van der Waals surface area contributed by atoms with Crippen molar-refractivity contribution in [3.05, 3.63) is 29.0 Å². The van der Waals surface area contributed by atoms with Crippen LogP contribution < -0.4 is 4.74 Å². The molecule has 0 atom stereocenters. The quantitative estimate of drug-likeness (QED) is 0.845. The molecule has 0 aliphatic rings. The van der Waals surface area contributed by atoms with Crippen molar-refractivity contribution in [3.63, 3.8) is 0 Å². The molecule has 1 aromatic heterocycles. The lowest BCUT2D eigenvalue weighted by atomic mass is 10.1. The highest BCUT2D eigenvalue weighted by molar-refractivity contribution is 5.95. The number of hydrogen-bond acceptors (Lipinski definition) is 3. The van der Waals surface area contributed by atoms with Gasteiger partial charge in [0.2, 0.25) is 5.76 Å². The lowest BCUT2D eigenvalue weighted by molar-refractivity contribution is 0.0665. The van der Waals surface area contributed by atoms with Gasteiger partial charge in [0.25, 0.3) is 0 Å². The smallest absolute Gasteiger partial charge is 0.371 e. The lowest BCUT2D eigenvalue weighted by Gasteiger charge is -2.06. The maximum atomic E-state index is 10.8. The van der Waals surface area contributed by atoms with Gasteiger partial charge in [0, 0.05) is 5.39 Å². The van der Waals surface area contributed by atoms with Crippen LogP contribution in [0.25, 0.3) is 11.0 Å². The van der Waals surface area contributed by atoms with Crippen molar-refractivity contribution in [1.82, 2.24) is 0 Å². The Balaban J connectivity index is 2.83. The zero-order chi connectivity index (χ0) is 11.9. The first-order chi connectivity index (χ1) is 7.54. The van der Waals surface area contributed by atoms with Gasteiger partial charge in [-0.15, -0.1) is 0 Å². The van der Waals surface area contributed by atoms with E-state index in [9.17, 15) is 4.79 Å². The number of aromatic carboxylic acids is 1. The molecule has 1 aromatic carbocycles. The maximum absolute atomic E-state index is 10.8. The van der Waals surface area contributed by atoms with Crippen LogP contribution in [0.2, 0.25) is 0 Å². The molecular weight excluding hydrogens is 208 g/mol. The Morgan fingerprint density at radius 2 is 2.00 bits per heavy atom.